The van der Waals surface area contributed by atoms with Crippen molar-refractivity contribution >= 4 is 29.0 Å². The van der Waals surface area contributed by atoms with Gasteiger partial charge in [0.1, 0.15) is 16.5 Å². The fourth-order valence-corrected chi connectivity index (χ4v) is 3.45. The van der Waals surface area contributed by atoms with Crippen molar-refractivity contribution < 1.29 is 4.79 Å². The first-order valence-corrected chi connectivity index (χ1v) is 9.46. The number of carbonyl (C=O) groups is 1. The number of carbonyl (C=O) groups excluding carboxylic acids is 1. The predicted octanol–water partition coefficient (Wildman–Crippen LogP) is 2.62. The highest BCUT2D eigenvalue weighted by Crippen LogP contribution is 2.31. The van der Waals surface area contributed by atoms with Crippen molar-refractivity contribution in [1.82, 2.24) is 19.7 Å². The molecule has 0 amide bonds. The van der Waals surface area contributed by atoms with Crippen LogP contribution in [-0.2, 0) is 0 Å². The topological polar surface area (TPSA) is 80.3 Å². The van der Waals surface area contributed by atoms with Crippen LogP contribution in [0.2, 0.25) is 5.02 Å². The highest BCUT2D eigenvalue weighted by Gasteiger charge is 2.22. The Morgan fingerprint density at radius 2 is 1.79 bits per heavy atom. The molecule has 0 aliphatic carbocycles. The van der Waals surface area contributed by atoms with Crippen molar-refractivity contribution in [3.05, 3.63) is 59.2 Å². The predicted molar refractivity (Wildman–Crippen MR) is 111 cm³/mol. The molecule has 0 saturated carbocycles. The summed E-state index contributed by atoms with van der Waals surface area (Å²) < 4.78 is 1.14. The molecule has 3 heterocycles. The molecule has 0 radical (unpaired) electrons. The minimum absolute atomic E-state index is 0.107. The Kier molecular flexibility index (Phi) is 5.02. The molecule has 4 rings (SSSR count). The summed E-state index contributed by atoms with van der Waals surface area (Å²) in [5, 5.41) is 4.53. The molecule has 28 heavy (non-hydrogen) atoms. The van der Waals surface area contributed by atoms with Crippen LogP contribution < -0.4 is 10.6 Å². The summed E-state index contributed by atoms with van der Waals surface area (Å²) in [6, 6.07) is 12.9. The quantitative estimate of drug-likeness (QED) is 0.733. The molecular weight excluding hydrogens is 376 g/mol. The van der Waals surface area contributed by atoms with Gasteiger partial charge in [-0.25, -0.2) is 0 Å². The average molecular weight is 397 g/mol. The van der Waals surface area contributed by atoms with Gasteiger partial charge < -0.3 is 15.5 Å². The van der Waals surface area contributed by atoms with E-state index in [1.807, 2.05) is 18.2 Å². The Bertz CT molecular complexity index is 978. The molecule has 0 bridgehead atoms. The van der Waals surface area contributed by atoms with E-state index >= 15 is 0 Å². The molecule has 0 unspecified atom stereocenters. The summed E-state index contributed by atoms with van der Waals surface area (Å²) in [5.41, 5.74) is 8.60. The number of likely N-dealkylation sites (N-methyl/N-ethyl adjacent to an activating group) is 1. The van der Waals surface area contributed by atoms with E-state index in [0.29, 0.717) is 17.0 Å². The fourth-order valence-electron chi connectivity index (χ4n) is 3.24. The molecule has 3 aromatic rings. The van der Waals surface area contributed by atoms with Crippen LogP contribution >= 0.6 is 11.6 Å². The van der Waals surface area contributed by atoms with Gasteiger partial charge in [0.15, 0.2) is 0 Å². The van der Waals surface area contributed by atoms with Gasteiger partial charge >= 0.3 is 0 Å². The largest absolute Gasteiger partial charge is 0.382 e. The zero-order valence-corrected chi connectivity index (χ0v) is 16.3. The van der Waals surface area contributed by atoms with Gasteiger partial charge in [-0.05, 0) is 43.4 Å². The van der Waals surface area contributed by atoms with Crippen LogP contribution in [0, 0.1) is 0 Å². The van der Waals surface area contributed by atoms with E-state index in [9.17, 15) is 4.79 Å². The third-order valence-electron chi connectivity index (χ3n) is 4.94. The van der Waals surface area contributed by atoms with E-state index in [2.05, 4.69) is 26.9 Å². The van der Waals surface area contributed by atoms with Crippen molar-refractivity contribution in [2.45, 2.75) is 0 Å². The smallest absolute Gasteiger partial charge is 0.280 e. The van der Waals surface area contributed by atoms with Crippen molar-refractivity contribution in [2.24, 2.45) is 0 Å². The number of rotatable bonds is 3. The molecule has 1 aliphatic heterocycles. The number of nitrogen functional groups attached to an aromatic ring is 1. The van der Waals surface area contributed by atoms with Gasteiger partial charge in [0.2, 0.25) is 0 Å². The second kappa shape index (κ2) is 7.61. The van der Waals surface area contributed by atoms with Gasteiger partial charge in [-0.3, -0.25) is 9.78 Å². The number of nitrogens with two attached hydrogens (primary N) is 1. The van der Waals surface area contributed by atoms with Gasteiger partial charge in [0, 0.05) is 43.6 Å². The third kappa shape index (κ3) is 3.46. The Labute approximate surface area is 168 Å². The highest BCUT2D eigenvalue weighted by atomic mass is 35.5. The van der Waals surface area contributed by atoms with Crippen LogP contribution in [0.5, 0.6) is 0 Å². The molecule has 1 aromatic carbocycles. The van der Waals surface area contributed by atoms with Gasteiger partial charge in [-0.15, -0.1) is 0 Å². The summed E-state index contributed by atoms with van der Waals surface area (Å²) in [5.74, 6) is -0.220. The van der Waals surface area contributed by atoms with Gasteiger partial charge in [0.05, 0.1) is 5.69 Å². The molecule has 1 aliphatic rings. The Balaban J connectivity index is 1.58. The highest BCUT2D eigenvalue weighted by molar-refractivity contribution is 6.35. The lowest BCUT2D eigenvalue weighted by atomic mass is 10.1. The molecule has 144 valence electrons. The minimum atomic E-state index is -0.327. The lowest BCUT2D eigenvalue weighted by molar-refractivity contribution is 0.0948. The first kappa shape index (κ1) is 18.5. The zero-order chi connectivity index (χ0) is 19.7. The minimum Gasteiger partial charge on any atom is -0.382 e. The number of hydrogen-bond acceptors (Lipinski definition) is 6. The van der Waals surface area contributed by atoms with E-state index < -0.39 is 0 Å². The summed E-state index contributed by atoms with van der Waals surface area (Å²) in [7, 11) is 2.12. The summed E-state index contributed by atoms with van der Waals surface area (Å²) >= 11 is 6.31. The second-order valence-electron chi connectivity index (χ2n) is 6.82. The number of nitrogens with zero attached hydrogens (tertiary/aromatic N) is 5. The van der Waals surface area contributed by atoms with E-state index in [4.69, 9.17) is 17.3 Å². The van der Waals surface area contributed by atoms with Crippen LogP contribution in [0.25, 0.3) is 11.4 Å². The van der Waals surface area contributed by atoms with Crippen LogP contribution in [0.4, 0.5) is 11.5 Å². The summed E-state index contributed by atoms with van der Waals surface area (Å²) in [6.07, 6.45) is 1.64. The maximum Gasteiger partial charge on any atom is 0.280 e. The van der Waals surface area contributed by atoms with Crippen LogP contribution in [-0.4, -0.2) is 58.8 Å². The standard InChI is InChI=1S/C20H21ClN6O/c1-25-10-12-26(13-11-25)15-7-5-14(6-8-15)20(28)27-19(22)17(21)18(24-27)16-4-2-3-9-23-16/h2-9H,10-13,22H2,1H3. The van der Waals surface area contributed by atoms with Crippen LogP contribution in [0.3, 0.4) is 0 Å². The fraction of sp³-hybridized carbons (Fsp3) is 0.250. The maximum atomic E-state index is 12.9. The molecule has 2 N–H and O–H groups in total. The van der Waals surface area contributed by atoms with Crippen LogP contribution in [0.15, 0.2) is 48.7 Å². The number of piperazine rings is 1. The molecule has 8 heteroatoms. The number of benzene rings is 1. The lowest BCUT2D eigenvalue weighted by Crippen LogP contribution is -2.44. The van der Waals surface area contributed by atoms with Gasteiger partial charge in [-0.2, -0.15) is 9.78 Å². The molecule has 0 spiro atoms. The number of anilines is 2. The lowest BCUT2D eigenvalue weighted by Gasteiger charge is -2.34. The number of pyridine rings is 1. The van der Waals surface area contributed by atoms with Gasteiger partial charge in [-0.1, -0.05) is 17.7 Å². The SMILES string of the molecule is CN1CCN(c2ccc(C(=O)n3nc(-c4ccccn4)c(Cl)c3N)cc2)CC1. The van der Waals surface area contributed by atoms with E-state index in [0.717, 1.165) is 36.5 Å². The van der Waals surface area contributed by atoms with Gasteiger partial charge in [0.25, 0.3) is 5.91 Å². The maximum absolute atomic E-state index is 12.9. The normalized spacial score (nSPS) is 15.0. The van der Waals surface area contributed by atoms with E-state index in [1.54, 1.807) is 30.5 Å². The van der Waals surface area contributed by atoms with Crippen molar-refractivity contribution in [2.75, 3.05) is 43.9 Å². The molecule has 2 aromatic heterocycles. The average Bonchev–Trinajstić information content (AvgIpc) is 3.04. The van der Waals surface area contributed by atoms with Crippen LogP contribution in [0.1, 0.15) is 10.4 Å². The first-order chi connectivity index (χ1) is 13.5. The number of hydrogen-bond donors (Lipinski definition) is 1. The molecule has 0 atom stereocenters. The van der Waals surface area contributed by atoms with Crippen molar-refractivity contribution in [3.63, 3.8) is 0 Å². The van der Waals surface area contributed by atoms with Crippen molar-refractivity contribution in [1.29, 1.82) is 0 Å². The molecule has 1 fully saturated rings. The Hall–Kier alpha value is -2.90. The Morgan fingerprint density at radius 3 is 2.43 bits per heavy atom. The summed E-state index contributed by atoms with van der Waals surface area (Å²) in [6.45, 7) is 4.00. The third-order valence-corrected chi connectivity index (χ3v) is 5.32. The monoisotopic (exact) mass is 396 g/mol. The summed E-state index contributed by atoms with van der Waals surface area (Å²) in [4.78, 5) is 21.8. The molecule has 7 nitrogen and oxygen atoms in total. The number of halogens is 1. The number of aromatic nitrogens is 3. The zero-order valence-electron chi connectivity index (χ0n) is 15.5. The van der Waals surface area contributed by atoms with Crippen molar-refractivity contribution in [3.8, 4) is 11.4 Å². The van der Waals surface area contributed by atoms with E-state index in [-0.39, 0.29) is 16.7 Å². The molecular formula is C20H21ClN6O. The molecule has 1 saturated heterocycles. The Morgan fingerprint density at radius 1 is 1.07 bits per heavy atom. The first-order valence-electron chi connectivity index (χ1n) is 9.08. The van der Waals surface area contributed by atoms with E-state index in [1.165, 1.54) is 0 Å². The second-order valence-corrected chi connectivity index (χ2v) is 7.19.